The molecule has 1 aromatic carbocycles. The van der Waals surface area contributed by atoms with Crippen LogP contribution in [0.15, 0.2) is 18.2 Å². The third kappa shape index (κ3) is 1.00. The van der Waals surface area contributed by atoms with Gasteiger partial charge in [0.25, 0.3) is 0 Å². The Morgan fingerprint density at radius 1 is 1.31 bits per heavy atom. The summed E-state index contributed by atoms with van der Waals surface area (Å²) in [7, 11) is 0. The van der Waals surface area contributed by atoms with Gasteiger partial charge in [-0.05, 0) is 19.0 Å². The molecule has 0 bridgehead atoms. The van der Waals surface area contributed by atoms with Crippen LogP contribution in [0.3, 0.4) is 0 Å². The van der Waals surface area contributed by atoms with Crippen LogP contribution < -0.4 is 14.8 Å². The molecule has 0 radical (unpaired) electrons. The lowest BCUT2D eigenvalue weighted by molar-refractivity contribution is 0.172. The van der Waals surface area contributed by atoms with E-state index in [1.54, 1.807) is 0 Å². The summed E-state index contributed by atoms with van der Waals surface area (Å²) in [6.45, 7) is 1.47. The van der Waals surface area contributed by atoms with E-state index in [1.165, 1.54) is 12.0 Å². The van der Waals surface area contributed by atoms with Crippen LogP contribution in [0, 0.1) is 0 Å². The molecule has 2 aliphatic rings. The normalized spacial score (nSPS) is 24.2. The summed E-state index contributed by atoms with van der Waals surface area (Å²) in [5.41, 5.74) is 1.24. The maximum Gasteiger partial charge on any atom is 0.231 e. The molecule has 2 heterocycles. The van der Waals surface area contributed by atoms with Gasteiger partial charge in [0.1, 0.15) is 0 Å². The van der Waals surface area contributed by atoms with Crippen LogP contribution in [-0.4, -0.2) is 13.3 Å². The number of rotatable bonds is 1. The number of nitrogens with one attached hydrogen (secondary N) is 1. The number of hydrogen-bond donors (Lipinski definition) is 1. The maximum absolute atomic E-state index is 5.42. The summed E-state index contributed by atoms with van der Waals surface area (Å²) in [5, 5.41) is 3.36. The van der Waals surface area contributed by atoms with E-state index in [4.69, 9.17) is 9.47 Å². The van der Waals surface area contributed by atoms with Crippen LogP contribution in [0.2, 0.25) is 0 Å². The Labute approximate surface area is 76.7 Å². The highest BCUT2D eigenvalue weighted by atomic mass is 16.7. The van der Waals surface area contributed by atoms with Gasteiger partial charge in [0.05, 0.1) is 0 Å². The quantitative estimate of drug-likeness (QED) is 0.704. The molecular formula is C10H11NO2. The second-order valence-electron chi connectivity index (χ2n) is 3.38. The van der Waals surface area contributed by atoms with Crippen molar-refractivity contribution in [1.82, 2.24) is 5.32 Å². The first kappa shape index (κ1) is 7.21. The number of ether oxygens (including phenoxy) is 2. The van der Waals surface area contributed by atoms with Crippen molar-refractivity contribution in [2.24, 2.45) is 0 Å². The molecule has 3 heteroatoms. The van der Waals surface area contributed by atoms with Crippen molar-refractivity contribution in [2.45, 2.75) is 12.5 Å². The lowest BCUT2D eigenvalue weighted by Gasteiger charge is -2.28. The zero-order chi connectivity index (χ0) is 8.67. The number of hydrogen-bond acceptors (Lipinski definition) is 3. The third-order valence-electron chi connectivity index (χ3n) is 2.63. The highest BCUT2D eigenvalue weighted by molar-refractivity contribution is 5.49. The lowest BCUT2D eigenvalue weighted by Crippen LogP contribution is -2.35. The van der Waals surface area contributed by atoms with E-state index < -0.39 is 0 Å². The molecule has 0 saturated carbocycles. The zero-order valence-corrected chi connectivity index (χ0v) is 7.25. The molecule has 1 N–H and O–H groups in total. The van der Waals surface area contributed by atoms with Gasteiger partial charge in [0.2, 0.25) is 6.79 Å². The fourth-order valence-corrected chi connectivity index (χ4v) is 1.78. The van der Waals surface area contributed by atoms with Crippen molar-refractivity contribution in [3.05, 3.63) is 23.8 Å². The Morgan fingerprint density at radius 2 is 2.23 bits per heavy atom. The van der Waals surface area contributed by atoms with E-state index in [1.807, 2.05) is 12.1 Å². The van der Waals surface area contributed by atoms with E-state index in [9.17, 15) is 0 Å². The Balaban J connectivity index is 2.04. The van der Waals surface area contributed by atoms with Gasteiger partial charge in [-0.25, -0.2) is 0 Å². The molecule has 1 fully saturated rings. The van der Waals surface area contributed by atoms with Gasteiger partial charge in [0.15, 0.2) is 11.5 Å². The second kappa shape index (κ2) is 2.64. The molecule has 0 unspecified atom stereocenters. The highest BCUT2D eigenvalue weighted by Crippen LogP contribution is 2.40. The number of fused-ring (bicyclic) bond motifs is 1. The summed E-state index contributed by atoms with van der Waals surface area (Å²) in [6.07, 6.45) is 1.19. The van der Waals surface area contributed by atoms with Crippen LogP contribution in [0.25, 0.3) is 0 Å². The topological polar surface area (TPSA) is 30.5 Å². The Hall–Kier alpha value is -1.22. The highest BCUT2D eigenvalue weighted by Gasteiger charge is 2.26. The third-order valence-corrected chi connectivity index (χ3v) is 2.63. The first-order valence-corrected chi connectivity index (χ1v) is 4.57. The molecule has 1 atom stereocenters. The average molecular weight is 177 g/mol. The first-order valence-electron chi connectivity index (χ1n) is 4.57. The van der Waals surface area contributed by atoms with Crippen LogP contribution in [0.5, 0.6) is 11.5 Å². The number of para-hydroxylation sites is 1. The Kier molecular flexibility index (Phi) is 1.46. The minimum atomic E-state index is 0.360. The molecule has 0 aliphatic carbocycles. The monoisotopic (exact) mass is 177 g/mol. The Morgan fingerprint density at radius 3 is 3.00 bits per heavy atom. The molecule has 1 saturated heterocycles. The molecular weight excluding hydrogens is 166 g/mol. The van der Waals surface area contributed by atoms with Crippen molar-refractivity contribution in [2.75, 3.05) is 13.3 Å². The molecule has 3 nitrogen and oxygen atoms in total. The van der Waals surface area contributed by atoms with Crippen molar-refractivity contribution in [3.63, 3.8) is 0 Å². The summed E-state index contributed by atoms with van der Waals surface area (Å²) in [4.78, 5) is 0. The van der Waals surface area contributed by atoms with E-state index >= 15 is 0 Å². The minimum absolute atomic E-state index is 0.360. The van der Waals surface area contributed by atoms with Gasteiger partial charge in [0, 0.05) is 11.6 Å². The molecule has 1 aromatic rings. The molecule has 13 heavy (non-hydrogen) atoms. The fraction of sp³-hybridized carbons (Fsp3) is 0.400. The van der Waals surface area contributed by atoms with E-state index in [2.05, 4.69) is 11.4 Å². The van der Waals surface area contributed by atoms with E-state index in [0.717, 1.165) is 18.0 Å². The first-order chi connectivity index (χ1) is 6.45. The van der Waals surface area contributed by atoms with Gasteiger partial charge < -0.3 is 14.8 Å². The summed E-state index contributed by atoms with van der Waals surface area (Å²) < 4.78 is 10.7. The largest absolute Gasteiger partial charge is 0.454 e. The van der Waals surface area contributed by atoms with Crippen LogP contribution in [0.4, 0.5) is 0 Å². The van der Waals surface area contributed by atoms with Gasteiger partial charge in [-0.2, -0.15) is 0 Å². The van der Waals surface area contributed by atoms with Crippen molar-refractivity contribution in [1.29, 1.82) is 0 Å². The fourth-order valence-electron chi connectivity index (χ4n) is 1.78. The molecule has 0 spiro atoms. The number of benzene rings is 1. The minimum Gasteiger partial charge on any atom is -0.454 e. The summed E-state index contributed by atoms with van der Waals surface area (Å²) in [6, 6.07) is 6.54. The van der Waals surface area contributed by atoms with Gasteiger partial charge in [-0.15, -0.1) is 0 Å². The summed E-state index contributed by atoms with van der Waals surface area (Å²) in [5.74, 6) is 1.81. The van der Waals surface area contributed by atoms with E-state index in [-0.39, 0.29) is 0 Å². The molecule has 68 valence electrons. The average Bonchev–Trinajstić information content (AvgIpc) is 2.49. The van der Waals surface area contributed by atoms with Crippen molar-refractivity contribution >= 4 is 0 Å². The zero-order valence-electron chi connectivity index (χ0n) is 7.25. The van der Waals surface area contributed by atoms with Gasteiger partial charge >= 0.3 is 0 Å². The van der Waals surface area contributed by atoms with E-state index in [0.29, 0.717) is 12.8 Å². The van der Waals surface area contributed by atoms with Crippen LogP contribution in [0.1, 0.15) is 18.0 Å². The molecule has 3 rings (SSSR count). The van der Waals surface area contributed by atoms with Gasteiger partial charge in [-0.1, -0.05) is 12.1 Å². The molecule has 0 aromatic heterocycles. The predicted octanol–water partition coefficient (Wildman–Crippen LogP) is 1.45. The lowest BCUT2D eigenvalue weighted by atomic mass is 9.97. The summed E-state index contributed by atoms with van der Waals surface area (Å²) >= 11 is 0. The standard InChI is InChI=1S/C10H11NO2/c1-2-7(8-4-5-11-8)10-9(3-1)12-6-13-10/h1-3,8,11H,4-6H2/t8-/m1/s1. The van der Waals surface area contributed by atoms with Crippen LogP contribution >= 0.6 is 0 Å². The SMILES string of the molecule is c1cc2c(c([C@H]3CCN3)c1)OCO2. The van der Waals surface area contributed by atoms with Crippen molar-refractivity contribution < 1.29 is 9.47 Å². The molecule has 0 amide bonds. The predicted molar refractivity (Wildman–Crippen MR) is 47.9 cm³/mol. The van der Waals surface area contributed by atoms with Gasteiger partial charge in [-0.3, -0.25) is 0 Å². The second-order valence-corrected chi connectivity index (χ2v) is 3.38. The Bertz CT molecular complexity index is 334. The maximum atomic E-state index is 5.42. The van der Waals surface area contributed by atoms with Crippen molar-refractivity contribution in [3.8, 4) is 11.5 Å². The smallest absolute Gasteiger partial charge is 0.231 e. The van der Waals surface area contributed by atoms with Crippen LogP contribution in [-0.2, 0) is 0 Å². The molecule has 2 aliphatic heterocycles.